The van der Waals surface area contributed by atoms with E-state index >= 15 is 0 Å². The monoisotopic (exact) mass is 378 g/mol. The van der Waals surface area contributed by atoms with Gasteiger partial charge in [0, 0.05) is 5.56 Å². The van der Waals surface area contributed by atoms with Crippen molar-refractivity contribution in [2.24, 2.45) is 5.10 Å². The molecule has 0 fully saturated rings. The van der Waals surface area contributed by atoms with E-state index in [9.17, 15) is 9.18 Å². The second-order valence-electron chi connectivity index (χ2n) is 5.85. The second kappa shape index (κ2) is 9.87. The summed E-state index contributed by atoms with van der Waals surface area (Å²) in [6.45, 7) is 0.207. The highest BCUT2D eigenvalue weighted by molar-refractivity contribution is 5.85. The Morgan fingerprint density at radius 1 is 0.929 bits per heavy atom. The minimum absolute atomic E-state index is 0.227. The van der Waals surface area contributed by atoms with Gasteiger partial charge in [-0.3, -0.25) is 4.79 Å². The fourth-order valence-corrected chi connectivity index (χ4v) is 2.34. The maximum absolute atomic E-state index is 12.8. The standard InChI is InChI=1S/C22H19FN2O3/c23-19-10-12-20(13-11-19)27-16-22(26)25-24-14-18-8-4-5-9-21(18)28-15-17-6-2-1-3-7-17/h1-14H,15-16H2,(H,25,26)/b24-14-. The molecule has 1 N–H and O–H groups in total. The van der Waals surface area contributed by atoms with Crippen LogP contribution in [0, 0.1) is 5.82 Å². The van der Waals surface area contributed by atoms with E-state index in [4.69, 9.17) is 9.47 Å². The van der Waals surface area contributed by atoms with Crippen LogP contribution >= 0.6 is 0 Å². The SMILES string of the molecule is O=C(COc1ccc(F)cc1)N/N=C\c1ccccc1OCc1ccccc1. The van der Waals surface area contributed by atoms with Gasteiger partial charge in [-0.05, 0) is 42.0 Å². The van der Waals surface area contributed by atoms with Gasteiger partial charge in [0.15, 0.2) is 6.61 Å². The molecule has 1 amide bonds. The molecular weight excluding hydrogens is 359 g/mol. The lowest BCUT2D eigenvalue weighted by Gasteiger charge is -2.09. The molecule has 0 aliphatic rings. The van der Waals surface area contributed by atoms with Crippen LogP contribution in [0.2, 0.25) is 0 Å². The molecule has 5 nitrogen and oxygen atoms in total. The van der Waals surface area contributed by atoms with Crippen molar-refractivity contribution >= 4 is 12.1 Å². The van der Waals surface area contributed by atoms with Gasteiger partial charge >= 0.3 is 0 Å². The molecule has 28 heavy (non-hydrogen) atoms. The summed E-state index contributed by atoms with van der Waals surface area (Å²) < 4.78 is 23.9. The van der Waals surface area contributed by atoms with Crippen molar-refractivity contribution in [2.45, 2.75) is 6.61 Å². The first kappa shape index (κ1) is 19.1. The summed E-state index contributed by atoms with van der Waals surface area (Å²) in [6, 6.07) is 22.7. The van der Waals surface area contributed by atoms with Crippen LogP contribution in [0.15, 0.2) is 84.0 Å². The molecule has 0 heterocycles. The Hall–Kier alpha value is -3.67. The lowest BCUT2D eigenvalue weighted by molar-refractivity contribution is -0.123. The molecule has 0 radical (unpaired) electrons. The lowest BCUT2D eigenvalue weighted by atomic mass is 10.2. The summed E-state index contributed by atoms with van der Waals surface area (Å²) in [5, 5.41) is 3.94. The third-order valence-electron chi connectivity index (χ3n) is 3.73. The van der Waals surface area contributed by atoms with Crippen LogP contribution in [0.25, 0.3) is 0 Å². The number of halogens is 1. The summed E-state index contributed by atoms with van der Waals surface area (Å²) in [5.74, 6) is 0.268. The van der Waals surface area contributed by atoms with Crippen molar-refractivity contribution in [3.63, 3.8) is 0 Å². The average molecular weight is 378 g/mol. The summed E-state index contributed by atoms with van der Waals surface area (Å²) in [5.41, 5.74) is 4.18. The smallest absolute Gasteiger partial charge is 0.277 e. The van der Waals surface area contributed by atoms with Crippen molar-refractivity contribution in [1.29, 1.82) is 0 Å². The highest BCUT2D eigenvalue weighted by atomic mass is 19.1. The second-order valence-corrected chi connectivity index (χ2v) is 5.85. The Bertz CT molecular complexity index is 928. The van der Waals surface area contributed by atoms with E-state index in [-0.39, 0.29) is 12.4 Å². The summed E-state index contributed by atoms with van der Waals surface area (Å²) in [7, 11) is 0. The molecule has 0 saturated carbocycles. The third-order valence-corrected chi connectivity index (χ3v) is 3.73. The molecule has 3 rings (SSSR count). The predicted molar refractivity (Wildman–Crippen MR) is 105 cm³/mol. The highest BCUT2D eigenvalue weighted by Gasteiger charge is 2.04. The number of nitrogens with one attached hydrogen (secondary N) is 1. The van der Waals surface area contributed by atoms with E-state index in [1.54, 1.807) is 0 Å². The first-order valence-corrected chi connectivity index (χ1v) is 8.67. The van der Waals surface area contributed by atoms with Gasteiger partial charge in [-0.1, -0.05) is 42.5 Å². The van der Waals surface area contributed by atoms with Crippen LogP contribution < -0.4 is 14.9 Å². The van der Waals surface area contributed by atoms with E-state index in [2.05, 4.69) is 10.5 Å². The zero-order valence-electron chi connectivity index (χ0n) is 15.0. The van der Waals surface area contributed by atoms with Crippen molar-refractivity contribution in [2.75, 3.05) is 6.61 Å². The molecule has 0 bridgehead atoms. The minimum atomic E-state index is -0.428. The molecule has 3 aromatic rings. The van der Waals surface area contributed by atoms with E-state index in [1.165, 1.54) is 30.5 Å². The van der Waals surface area contributed by atoms with Gasteiger partial charge in [-0.2, -0.15) is 5.10 Å². The Morgan fingerprint density at radius 2 is 1.64 bits per heavy atom. The van der Waals surface area contributed by atoms with Crippen molar-refractivity contribution in [3.8, 4) is 11.5 Å². The number of carbonyl (C=O) groups excluding carboxylic acids is 1. The zero-order valence-corrected chi connectivity index (χ0v) is 15.0. The lowest BCUT2D eigenvalue weighted by Crippen LogP contribution is -2.24. The number of benzene rings is 3. The van der Waals surface area contributed by atoms with Gasteiger partial charge in [0.05, 0.1) is 6.21 Å². The van der Waals surface area contributed by atoms with Crippen LogP contribution in [0.4, 0.5) is 4.39 Å². The number of hydrogen-bond acceptors (Lipinski definition) is 4. The first-order chi connectivity index (χ1) is 13.7. The predicted octanol–water partition coefficient (Wildman–Crippen LogP) is 3.93. The van der Waals surface area contributed by atoms with Crippen LogP contribution in [0.1, 0.15) is 11.1 Å². The van der Waals surface area contributed by atoms with Gasteiger partial charge in [-0.15, -0.1) is 0 Å². The van der Waals surface area contributed by atoms with Gasteiger partial charge in [0.1, 0.15) is 23.9 Å². The molecule has 3 aromatic carbocycles. The Labute approximate surface area is 162 Å². The largest absolute Gasteiger partial charge is 0.488 e. The minimum Gasteiger partial charge on any atom is -0.488 e. The van der Waals surface area contributed by atoms with Crippen molar-refractivity contribution in [3.05, 3.63) is 95.8 Å². The number of para-hydroxylation sites is 1. The summed E-state index contributed by atoms with van der Waals surface area (Å²) in [6.07, 6.45) is 1.51. The molecule has 6 heteroatoms. The van der Waals surface area contributed by atoms with E-state index in [1.807, 2.05) is 54.6 Å². The first-order valence-electron chi connectivity index (χ1n) is 8.67. The van der Waals surface area contributed by atoms with Crippen molar-refractivity contribution in [1.82, 2.24) is 5.43 Å². The maximum Gasteiger partial charge on any atom is 0.277 e. The third kappa shape index (κ3) is 5.95. The van der Waals surface area contributed by atoms with Crippen LogP contribution in [0.5, 0.6) is 11.5 Å². The Kier molecular flexibility index (Phi) is 6.73. The normalized spacial score (nSPS) is 10.6. The number of hydrogen-bond donors (Lipinski definition) is 1. The number of amides is 1. The van der Waals surface area contributed by atoms with E-state index in [0.29, 0.717) is 18.1 Å². The maximum atomic E-state index is 12.8. The molecule has 0 aromatic heterocycles. The van der Waals surface area contributed by atoms with E-state index in [0.717, 1.165) is 11.1 Å². The molecule has 0 spiro atoms. The number of hydrazone groups is 1. The van der Waals surface area contributed by atoms with Crippen LogP contribution in [-0.4, -0.2) is 18.7 Å². The average Bonchev–Trinajstić information content (AvgIpc) is 2.73. The van der Waals surface area contributed by atoms with Crippen LogP contribution in [-0.2, 0) is 11.4 Å². The molecule has 0 saturated heterocycles. The molecular formula is C22H19FN2O3. The van der Waals surface area contributed by atoms with Gasteiger partial charge in [-0.25, -0.2) is 9.82 Å². The van der Waals surface area contributed by atoms with Crippen molar-refractivity contribution < 1.29 is 18.7 Å². The molecule has 142 valence electrons. The quantitative estimate of drug-likeness (QED) is 0.477. The molecule has 0 aliphatic heterocycles. The Morgan fingerprint density at radius 3 is 2.43 bits per heavy atom. The number of carbonyl (C=O) groups is 1. The highest BCUT2D eigenvalue weighted by Crippen LogP contribution is 2.17. The molecule has 0 unspecified atom stereocenters. The fourth-order valence-electron chi connectivity index (χ4n) is 2.34. The van der Waals surface area contributed by atoms with Gasteiger partial charge < -0.3 is 9.47 Å². The molecule has 0 atom stereocenters. The van der Waals surface area contributed by atoms with Crippen LogP contribution in [0.3, 0.4) is 0 Å². The Balaban J connectivity index is 1.50. The fraction of sp³-hybridized carbons (Fsp3) is 0.0909. The van der Waals surface area contributed by atoms with E-state index < -0.39 is 5.91 Å². The molecule has 0 aliphatic carbocycles. The summed E-state index contributed by atoms with van der Waals surface area (Å²) >= 11 is 0. The number of rotatable bonds is 8. The van der Waals surface area contributed by atoms with Gasteiger partial charge in [0.25, 0.3) is 5.91 Å². The number of ether oxygens (including phenoxy) is 2. The number of nitrogens with zero attached hydrogens (tertiary/aromatic N) is 1. The topological polar surface area (TPSA) is 59.9 Å². The van der Waals surface area contributed by atoms with Gasteiger partial charge in [0.2, 0.25) is 0 Å². The summed E-state index contributed by atoms with van der Waals surface area (Å²) in [4.78, 5) is 11.8. The zero-order chi connectivity index (χ0) is 19.6.